The van der Waals surface area contributed by atoms with Crippen molar-refractivity contribution >= 4 is 42.3 Å². The van der Waals surface area contributed by atoms with Crippen molar-refractivity contribution < 1.29 is 4.79 Å². The second kappa shape index (κ2) is 9.97. The van der Waals surface area contributed by atoms with E-state index in [2.05, 4.69) is 22.5 Å². The molecule has 2 unspecified atom stereocenters. The molecule has 0 bridgehead atoms. The Bertz CT molecular complexity index is 694. The predicted molar refractivity (Wildman–Crippen MR) is 107 cm³/mol. The van der Waals surface area contributed by atoms with Crippen LogP contribution in [0.1, 0.15) is 30.1 Å². The number of aromatic nitrogens is 1. The Morgan fingerprint density at radius 3 is 2.60 bits per heavy atom. The summed E-state index contributed by atoms with van der Waals surface area (Å²) in [5, 5.41) is 7.19. The molecule has 1 aromatic heterocycles. The number of benzene rings is 1. The van der Waals surface area contributed by atoms with E-state index in [9.17, 15) is 4.79 Å². The Morgan fingerprint density at radius 1 is 1.20 bits per heavy atom. The molecule has 1 fully saturated rings. The van der Waals surface area contributed by atoms with Crippen LogP contribution in [0.5, 0.6) is 0 Å². The Labute approximate surface area is 165 Å². The lowest BCUT2D eigenvalue weighted by molar-refractivity contribution is 0.0925. The van der Waals surface area contributed by atoms with Gasteiger partial charge >= 0.3 is 0 Å². The van der Waals surface area contributed by atoms with Crippen LogP contribution < -0.4 is 10.6 Å². The predicted octanol–water partition coefficient (Wildman–Crippen LogP) is 4.12. The summed E-state index contributed by atoms with van der Waals surface area (Å²) in [5.41, 5.74) is 2.49. The van der Waals surface area contributed by atoms with Gasteiger partial charge in [-0.3, -0.25) is 9.78 Å². The molecule has 0 saturated carbocycles. The fourth-order valence-electron chi connectivity index (χ4n) is 2.90. The van der Waals surface area contributed by atoms with Gasteiger partial charge in [0.15, 0.2) is 0 Å². The van der Waals surface area contributed by atoms with Crippen LogP contribution in [0.4, 0.5) is 0 Å². The van der Waals surface area contributed by atoms with Crippen LogP contribution in [0, 0.1) is 0 Å². The van der Waals surface area contributed by atoms with Crippen LogP contribution in [0.2, 0.25) is 5.02 Å². The first-order chi connectivity index (χ1) is 11.1. The minimum Gasteiger partial charge on any atom is -0.349 e. The van der Waals surface area contributed by atoms with Gasteiger partial charge in [0, 0.05) is 35.1 Å². The molecule has 3 rings (SSSR count). The Balaban J connectivity index is 0.00000156. The largest absolute Gasteiger partial charge is 0.349 e. The molecule has 0 spiro atoms. The molecule has 1 aliphatic heterocycles. The summed E-state index contributed by atoms with van der Waals surface area (Å²) in [6, 6.07) is 10.0. The zero-order valence-electron chi connectivity index (χ0n) is 13.9. The average Bonchev–Trinajstić information content (AvgIpc) is 2.56. The molecule has 4 nitrogen and oxygen atoms in total. The van der Waals surface area contributed by atoms with Crippen molar-refractivity contribution in [1.82, 2.24) is 15.6 Å². The number of amides is 1. The maximum Gasteiger partial charge on any atom is 0.253 e. The van der Waals surface area contributed by atoms with Crippen molar-refractivity contribution in [2.75, 3.05) is 6.54 Å². The van der Waals surface area contributed by atoms with Gasteiger partial charge in [0.2, 0.25) is 0 Å². The Kier molecular flexibility index (Phi) is 8.66. The Hall–Kier alpha value is -1.33. The molecule has 1 aromatic carbocycles. The van der Waals surface area contributed by atoms with E-state index in [1.807, 2.05) is 30.3 Å². The highest BCUT2D eigenvalue weighted by Crippen LogP contribution is 2.21. The van der Waals surface area contributed by atoms with Crippen LogP contribution >= 0.6 is 36.4 Å². The second-order valence-electron chi connectivity index (χ2n) is 6.02. The summed E-state index contributed by atoms with van der Waals surface area (Å²) in [4.78, 5) is 16.7. The van der Waals surface area contributed by atoms with Crippen LogP contribution in [-0.2, 0) is 0 Å². The van der Waals surface area contributed by atoms with Gasteiger partial charge in [0.25, 0.3) is 5.91 Å². The molecule has 2 atom stereocenters. The molecule has 0 aliphatic carbocycles. The molecule has 2 N–H and O–H groups in total. The third-order valence-electron chi connectivity index (χ3n) is 4.14. The monoisotopic (exact) mass is 401 g/mol. The lowest BCUT2D eigenvalue weighted by Crippen LogP contribution is -2.46. The molecule has 2 heterocycles. The van der Waals surface area contributed by atoms with E-state index in [0.717, 1.165) is 30.5 Å². The van der Waals surface area contributed by atoms with E-state index in [1.54, 1.807) is 12.4 Å². The number of rotatable bonds is 3. The summed E-state index contributed by atoms with van der Waals surface area (Å²) in [7, 11) is 0. The molecule has 7 heteroatoms. The quantitative estimate of drug-likeness (QED) is 0.812. The fraction of sp³-hybridized carbons (Fsp3) is 0.333. The highest BCUT2D eigenvalue weighted by molar-refractivity contribution is 6.30. The summed E-state index contributed by atoms with van der Waals surface area (Å²) < 4.78 is 0. The normalized spacial score (nSPS) is 19.3. The number of nitrogens with zero attached hydrogens (tertiary/aromatic N) is 1. The highest BCUT2D eigenvalue weighted by atomic mass is 35.5. The maximum atomic E-state index is 12.5. The molecule has 0 radical (unpaired) electrons. The molecule has 25 heavy (non-hydrogen) atoms. The number of carbonyl (C=O) groups excluding carboxylic acids is 1. The molecule has 136 valence electrons. The van der Waals surface area contributed by atoms with E-state index >= 15 is 0 Å². The summed E-state index contributed by atoms with van der Waals surface area (Å²) in [6.07, 6.45) is 5.28. The molecule has 1 saturated heterocycles. The second-order valence-corrected chi connectivity index (χ2v) is 6.46. The topological polar surface area (TPSA) is 54.0 Å². The van der Waals surface area contributed by atoms with E-state index in [4.69, 9.17) is 11.6 Å². The molecular weight excluding hydrogens is 381 g/mol. The number of carbonyl (C=O) groups is 1. The van der Waals surface area contributed by atoms with Crippen molar-refractivity contribution in [3.8, 4) is 11.1 Å². The number of piperidine rings is 1. The lowest BCUT2D eigenvalue weighted by Gasteiger charge is -2.28. The van der Waals surface area contributed by atoms with Crippen molar-refractivity contribution in [2.24, 2.45) is 0 Å². The van der Waals surface area contributed by atoms with Gasteiger partial charge in [0.05, 0.1) is 5.56 Å². The van der Waals surface area contributed by atoms with E-state index in [-0.39, 0.29) is 36.8 Å². The summed E-state index contributed by atoms with van der Waals surface area (Å²) in [5.74, 6) is -0.0626. The standard InChI is InChI=1S/C18H20ClN3O.2ClH/c1-12-8-17(6-7-21-12)22-18(23)15-9-14(10-20-11-15)13-2-4-16(19)5-3-13;;/h2-5,9-12,17,21H,6-8H2,1H3,(H,22,23);2*1H. The smallest absolute Gasteiger partial charge is 0.253 e. The van der Waals surface area contributed by atoms with E-state index < -0.39 is 0 Å². The molecule has 1 aliphatic rings. The van der Waals surface area contributed by atoms with Crippen molar-refractivity contribution in [3.63, 3.8) is 0 Å². The van der Waals surface area contributed by atoms with Crippen molar-refractivity contribution in [2.45, 2.75) is 31.8 Å². The van der Waals surface area contributed by atoms with Gasteiger partial charge in [0.1, 0.15) is 0 Å². The number of hydrogen-bond donors (Lipinski definition) is 2. The van der Waals surface area contributed by atoms with Crippen LogP contribution in [0.15, 0.2) is 42.7 Å². The number of nitrogens with one attached hydrogen (secondary N) is 2. The van der Waals surface area contributed by atoms with Crippen molar-refractivity contribution in [1.29, 1.82) is 0 Å². The van der Waals surface area contributed by atoms with Crippen LogP contribution in [0.3, 0.4) is 0 Å². The first kappa shape index (κ1) is 21.7. The molecule has 2 aromatic rings. The minimum absolute atomic E-state index is 0. The van der Waals surface area contributed by atoms with E-state index in [0.29, 0.717) is 16.6 Å². The average molecular weight is 403 g/mol. The third kappa shape index (κ3) is 5.86. The zero-order valence-corrected chi connectivity index (χ0v) is 16.3. The van der Waals surface area contributed by atoms with Gasteiger partial charge in [-0.05, 0) is 50.1 Å². The minimum atomic E-state index is -0.0626. The van der Waals surface area contributed by atoms with Gasteiger partial charge in [-0.1, -0.05) is 23.7 Å². The van der Waals surface area contributed by atoms with Gasteiger partial charge in [-0.2, -0.15) is 0 Å². The van der Waals surface area contributed by atoms with Crippen molar-refractivity contribution in [3.05, 3.63) is 53.3 Å². The van der Waals surface area contributed by atoms with E-state index in [1.165, 1.54) is 0 Å². The number of hydrogen-bond acceptors (Lipinski definition) is 3. The van der Waals surface area contributed by atoms with Crippen LogP contribution in [0.25, 0.3) is 11.1 Å². The fourth-order valence-corrected chi connectivity index (χ4v) is 3.02. The Morgan fingerprint density at radius 2 is 1.92 bits per heavy atom. The van der Waals surface area contributed by atoms with Gasteiger partial charge in [-0.25, -0.2) is 0 Å². The number of halogens is 3. The van der Waals surface area contributed by atoms with Gasteiger partial charge in [-0.15, -0.1) is 24.8 Å². The molecule has 1 amide bonds. The molecular formula is C18H22Cl3N3O. The zero-order chi connectivity index (χ0) is 16.2. The summed E-state index contributed by atoms with van der Waals surface area (Å²) >= 11 is 5.92. The summed E-state index contributed by atoms with van der Waals surface area (Å²) in [6.45, 7) is 3.08. The van der Waals surface area contributed by atoms with Gasteiger partial charge < -0.3 is 10.6 Å². The highest BCUT2D eigenvalue weighted by Gasteiger charge is 2.20. The first-order valence-corrected chi connectivity index (χ1v) is 8.25. The SMILES string of the molecule is CC1CC(NC(=O)c2cncc(-c3ccc(Cl)cc3)c2)CCN1.Cl.Cl. The third-order valence-corrected chi connectivity index (χ3v) is 4.39. The first-order valence-electron chi connectivity index (χ1n) is 7.87. The van der Waals surface area contributed by atoms with Crippen LogP contribution in [-0.4, -0.2) is 29.5 Å². The maximum absolute atomic E-state index is 12.5. The number of pyridine rings is 1. The lowest BCUT2D eigenvalue weighted by atomic mass is 10.00.